The molecule has 1 saturated heterocycles. The van der Waals surface area contributed by atoms with Crippen LogP contribution in [0.3, 0.4) is 0 Å². The SMILES string of the molecule is Clc1nc(I)nc(N2CCCCC2)n1. The second-order valence-electron chi connectivity index (χ2n) is 3.22. The van der Waals surface area contributed by atoms with Crippen molar-refractivity contribution < 1.29 is 0 Å². The summed E-state index contributed by atoms with van der Waals surface area (Å²) >= 11 is 7.83. The number of hydrogen-bond donors (Lipinski definition) is 0. The Bertz CT molecular complexity index is 307. The van der Waals surface area contributed by atoms with E-state index in [2.05, 4.69) is 42.4 Å². The van der Waals surface area contributed by atoms with Gasteiger partial charge in [0.05, 0.1) is 0 Å². The molecule has 1 aliphatic heterocycles. The van der Waals surface area contributed by atoms with Crippen LogP contribution in [0.1, 0.15) is 19.3 Å². The zero-order valence-electron chi connectivity index (χ0n) is 7.58. The van der Waals surface area contributed by atoms with Gasteiger partial charge < -0.3 is 4.90 Å². The topological polar surface area (TPSA) is 41.9 Å². The molecule has 1 aliphatic rings. The van der Waals surface area contributed by atoms with Gasteiger partial charge in [0.2, 0.25) is 11.2 Å². The van der Waals surface area contributed by atoms with Crippen molar-refractivity contribution in [1.29, 1.82) is 0 Å². The van der Waals surface area contributed by atoms with Crippen molar-refractivity contribution in [3.63, 3.8) is 0 Å². The summed E-state index contributed by atoms with van der Waals surface area (Å²) in [5.74, 6) is 0.717. The third kappa shape index (κ3) is 2.44. The van der Waals surface area contributed by atoms with E-state index in [-0.39, 0.29) is 5.28 Å². The van der Waals surface area contributed by atoms with Gasteiger partial charge in [-0.3, -0.25) is 0 Å². The molecule has 14 heavy (non-hydrogen) atoms. The van der Waals surface area contributed by atoms with Gasteiger partial charge in [0.15, 0.2) is 3.83 Å². The second-order valence-corrected chi connectivity index (χ2v) is 4.52. The Morgan fingerprint density at radius 2 is 1.79 bits per heavy atom. The fourth-order valence-corrected chi connectivity index (χ4v) is 2.29. The van der Waals surface area contributed by atoms with E-state index in [1.165, 1.54) is 19.3 Å². The summed E-state index contributed by atoms with van der Waals surface area (Å²) in [6.45, 7) is 2.05. The Kier molecular flexibility index (Phi) is 3.38. The van der Waals surface area contributed by atoms with Crippen LogP contribution in [-0.2, 0) is 0 Å². The lowest BCUT2D eigenvalue weighted by Gasteiger charge is -2.26. The molecule has 2 rings (SSSR count). The highest BCUT2D eigenvalue weighted by Gasteiger charge is 2.14. The number of piperidine rings is 1. The standard InChI is InChI=1S/C8H10ClIN4/c9-6-11-7(10)13-8(12-6)14-4-2-1-3-5-14/h1-5H2. The molecule has 0 amide bonds. The molecule has 0 unspecified atom stereocenters. The van der Waals surface area contributed by atoms with Gasteiger partial charge in [-0.15, -0.1) is 0 Å². The summed E-state index contributed by atoms with van der Waals surface area (Å²) in [6.07, 6.45) is 3.71. The maximum absolute atomic E-state index is 5.78. The Labute approximate surface area is 101 Å². The maximum Gasteiger partial charge on any atom is 0.230 e. The smallest absolute Gasteiger partial charge is 0.230 e. The molecule has 2 heterocycles. The maximum atomic E-state index is 5.78. The summed E-state index contributed by atoms with van der Waals surface area (Å²) in [7, 11) is 0. The van der Waals surface area contributed by atoms with Gasteiger partial charge in [0, 0.05) is 35.7 Å². The van der Waals surface area contributed by atoms with Crippen molar-refractivity contribution >= 4 is 40.1 Å². The fraction of sp³-hybridized carbons (Fsp3) is 0.625. The predicted octanol–water partition coefficient (Wildman–Crippen LogP) is 2.12. The Balaban J connectivity index is 2.21. The van der Waals surface area contributed by atoms with E-state index in [0.29, 0.717) is 9.78 Å². The molecule has 4 nitrogen and oxygen atoms in total. The van der Waals surface area contributed by atoms with Crippen LogP contribution in [0.15, 0.2) is 0 Å². The van der Waals surface area contributed by atoms with E-state index in [0.717, 1.165) is 13.1 Å². The molecule has 0 aromatic carbocycles. The average molecular weight is 325 g/mol. The van der Waals surface area contributed by atoms with Crippen LogP contribution in [0.5, 0.6) is 0 Å². The van der Waals surface area contributed by atoms with E-state index >= 15 is 0 Å². The molecule has 76 valence electrons. The van der Waals surface area contributed by atoms with Crippen LogP contribution in [0.25, 0.3) is 0 Å². The molecule has 1 aromatic heterocycles. The van der Waals surface area contributed by atoms with Crippen LogP contribution in [0.2, 0.25) is 5.28 Å². The van der Waals surface area contributed by atoms with E-state index in [4.69, 9.17) is 11.6 Å². The van der Waals surface area contributed by atoms with Crippen LogP contribution in [-0.4, -0.2) is 28.0 Å². The van der Waals surface area contributed by atoms with Gasteiger partial charge in [-0.05, 0) is 30.9 Å². The van der Waals surface area contributed by atoms with Crippen LogP contribution >= 0.6 is 34.2 Å². The molecule has 0 aliphatic carbocycles. The largest absolute Gasteiger partial charge is 0.341 e. The average Bonchev–Trinajstić information content (AvgIpc) is 2.18. The molecule has 6 heteroatoms. The van der Waals surface area contributed by atoms with Crippen LogP contribution in [0.4, 0.5) is 5.95 Å². The van der Waals surface area contributed by atoms with Gasteiger partial charge in [-0.1, -0.05) is 0 Å². The summed E-state index contributed by atoms with van der Waals surface area (Å²) in [5.41, 5.74) is 0. The monoisotopic (exact) mass is 324 g/mol. The van der Waals surface area contributed by atoms with Crippen LogP contribution in [0, 0.1) is 3.83 Å². The minimum Gasteiger partial charge on any atom is -0.341 e. The minimum absolute atomic E-state index is 0.282. The van der Waals surface area contributed by atoms with Crippen molar-refractivity contribution in [2.75, 3.05) is 18.0 Å². The molecule has 0 bridgehead atoms. The predicted molar refractivity (Wildman–Crippen MR) is 63.6 cm³/mol. The molecule has 0 spiro atoms. The van der Waals surface area contributed by atoms with Crippen molar-refractivity contribution in [3.05, 3.63) is 9.11 Å². The molecule has 0 saturated carbocycles. The zero-order valence-corrected chi connectivity index (χ0v) is 10.5. The normalized spacial score (nSPS) is 17.1. The Morgan fingerprint density at radius 3 is 2.43 bits per heavy atom. The van der Waals surface area contributed by atoms with Gasteiger partial charge in [-0.2, -0.15) is 15.0 Å². The molecule has 1 aromatic rings. The molecule has 1 fully saturated rings. The second kappa shape index (κ2) is 4.57. The highest BCUT2D eigenvalue weighted by Crippen LogP contribution is 2.17. The third-order valence-electron chi connectivity index (χ3n) is 2.21. The highest BCUT2D eigenvalue weighted by atomic mass is 127. The number of halogens is 2. The van der Waals surface area contributed by atoms with E-state index < -0.39 is 0 Å². The molecular formula is C8H10ClIN4. The van der Waals surface area contributed by atoms with Gasteiger partial charge in [0.25, 0.3) is 0 Å². The number of rotatable bonds is 1. The third-order valence-corrected chi connectivity index (χ3v) is 2.86. The number of nitrogens with zero attached hydrogens (tertiary/aromatic N) is 4. The fourth-order valence-electron chi connectivity index (χ4n) is 1.55. The molecule has 0 radical (unpaired) electrons. The molecule has 0 atom stereocenters. The summed E-state index contributed by atoms with van der Waals surface area (Å²) in [4.78, 5) is 14.5. The first-order chi connectivity index (χ1) is 6.75. The lowest BCUT2D eigenvalue weighted by Crippen LogP contribution is -2.31. The first kappa shape index (κ1) is 10.4. The van der Waals surface area contributed by atoms with Crippen molar-refractivity contribution in [2.45, 2.75) is 19.3 Å². The first-order valence-corrected chi connectivity index (χ1v) is 6.03. The summed E-state index contributed by atoms with van der Waals surface area (Å²) < 4.78 is 0.656. The van der Waals surface area contributed by atoms with Gasteiger partial charge in [-0.25, -0.2) is 0 Å². The summed E-state index contributed by atoms with van der Waals surface area (Å²) in [6, 6.07) is 0. The van der Waals surface area contributed by atoms with E-state index in [1.54, 1.807) is 0 Å². The molecular weight excluding hydrogens is 314 g/mol. The Morgan fingerprint density at radius 1 is 1.07 bits per heavy atom. The lowest BCUT2D eigenvalue weighted by molar-refractivity contribution is 0.566. The molecule has 0 N–H and O–H groups in total. The van der Waals surface area contributed by atoms with Gasteiger partial charge in [0.1, 0.15) is 0 Å². The first-order valence-electron chi connectivity index (χ1n) is 4.58. The lowest BCUT2D eigenvalue weighted by atomic mass is 10.1. The number of aromatic nitrogens is 3. The number of hydrogen-bond acceptors (Lipinski definition) is 4. The quantitative estimate of drug-likeness (QED) is 0.742. The van der Waals surface area contributed by atoms with E-state index in [9.17, 15) is 0 Å². The Hall–Kier alpha value is -0.170. The highest BCUT2D eigenvalue weighted by molar-refractivity contribution is 14.1. The van der Waals surface area contributed by atoms with Crippen molar-refractivity contribution in [2.24, 2.45) is 0 Å². The van der Waals surface area contributed by atoms with E-state index in [1.807, 2.05) is 0 Å². The summed E-state index contributed by atoms with van der Waals surface area (Å²) in [5, 5.41) is 0.282. The zero-order chi connectivity index (χ0) is 9.97. The minimum atomic E-state index is 0.282. The van der Waals surface area contributed by atoms with Crippen LogP contribution < -0.4 is 4.90 Å². The van der Waals surface area contributed by atoms with Crippen molar-refractivity contribution in [1.82, 2.24) is 15.0 Å². The van der Waals surface area contributed by atoms with Gasteiger partial charge >= 0.3 is 0 Å². The number of anilines is 1. The van der Waals surface area contributed by atoms with Crippen molar-refractivity contribution in [3.8, 4) is 0 Å².